The minimum atomic E-state index is -0.314. The van der Waals surface area contributed by atoms with Gasteiger partial charge in [-0.15, -0.1) is 0 Å². The molecule has 1 aromatic heterocycles. The maximum Gasteiger partial charge on any atom is 0.0950 e. The number of hydrogen-bond donors (Lipinski definition) is 2. The van der Waals surface area contributed by atoms with Gasteiger partial charge in [-0.25, -0.2) is 4.98 Å². The number of aromatic nitrogens is 2. The molecule has 0 radical (unpaired) electrons. The van der Waals surface area contributed by atoms with Crippen LogP contribution in [0.4, 0.5) is 0 Å². The van der Waals surface area contributed by atoms with Crippen LogP contribution in [-0.4, -0.2) is 33.9 Å². The van der Waals surface area contributed by atoms with Gasteiger partial charge in [0.05, 0.1) is 18.1 Å². The van der Waals surface area contributed by atoms with Crippen molar-refractivity contribution in [1.82, 2.24) is 14.9 Å². The molecule has 0 fully saturated rings. The summed E-state index contributed by atoms with van der Waals surface area (Å²) < 4.78 is 1.92. The standard InChI is InChI=1S/C10H19N3O/c1-3-11-5-4-10-7-13(8-12-10)6-9(2)14/h7-9,11,14H,3-6H2,1-2H3. The zero-order valence-corrected chi connectivity index (χ0v) is 8.90. The quantitative estimate of drug-likeness (QED) is 0.650. The van der Waals surface area contributed by atoms with Gasteiger partial charge in [0.25, 0.3) is 0 Å². The minimum absolute atomic E-state index is 0.314. The van der Waals surface area contributed by atoms with E-state index in [0.29, 0.717) is 6.54 Å². The Morgan fingerprint density at radius 1 is 1.64 bits per heavy atom. The predicted octanol–water partition coefficient (Wildman–Crippen LogP) is 0.416. The molecule has 0 bridgehead atoms. The maximum atomic E-state index is 9.17. The molecule has 0 spiro atoms. The van der Waals surface area contributed by atoms with E-state index in [2.05, 4.69) is 17.2 Å². The molecule has 0 amide bonds. The molecule has 4 heteroatoms. The summed E-state index contributed by atoms with van der Waals surface area (Å²) in [6.07, 6.45) is 4.39. The van der Waals surface area contributed by atoms with E-state index in [1.54, 1.807) is 13.3 Å². The molecule has 1 heterocycles. The average Bonchev–Trinajstić information content (AvgIpc) is 2.52. The highest BCUT2D eigenvalue weighted by Gasteiger charge is 2.00. The summed E-state index contributed by atoms with van der Waals surface area (Å²) in [5.74, 6) is 0. The Morgan fingerprint density at radius 3 is 3.07 bits per heavy atom. The molecule has 0 aromatic carbocycles. The fraction of sp³-hybridized carbons (Fsp3) is 0.700. The Bertz CT molecular complexity index is 258. The summed E-state index contributed by atoms with van der Waals surface area (Å²) in [6, 6.07) is 0. The van der Waals surface area contributed by atoms with Crippen molar-refractivity contribution < 1.29 is 5.11 Å². The van der Waals surface area contributed by atoms with Crippen LogP contribution < -0.4 is 5.32 Å². The fourth-order valence-electron chi connectivity index (χ4n) is 1.33. The largest absolute Gasteiger partial charge is 0.392 e. The number of imidazole rings is 1. The highest BCUT2D eigenvalue weighted by Crippen LogP contribution is 1.98. The molecule has 4 nitrogen and oxygen atoms in total. The molecule has 1 rings (SSSR count). The van der Waals surface area contributed by atoms with Crippen molar-refractivity contribution in [3.63, 3.8) is 0 Å². The molecular formula is C10H19N3O. The molecule has 80 valence electrons. The molecule has 0 aliphatic heterocycles. The molecule has 1 unspecified atom stereocenters. The summed E-state index contributed by atoms with van der Waals surface area (Å²) in [4.78, 5) is 4.25. The summed E-state index contributed by atoms with van der Waals surface area (Å²) >= 11 is 0. The number of nitrogens with zero attached hydrogens (tertiary/aromatic N) is 2. The fourth-order valence-corrected chi connectivity index (χ4v) is 1.33. The molecule has 14 heavy (non-hydrogen) atoms. The van der Waals surface area contributed by atoms with E-state index in [-0.39, 0.29) is 6.10 Å². The molecule has 0 aliphatic rings. The lowest BCUT2D eigenvalue weighted by Gasteiger charge is -2.03. The second kappa shape index (κ2) is 5.78. The predicted molar refractivity (Wildman–Crippen MR) is 56.2 cm³/mol. The second-order valence-corrected chi connectivity index (χ2v) is 3.51. The lowest BCUT2D eigenvalue weighted by atomic mass is 10.3. The monoisotopic (exact) mass is 197 g/mol. The first-order chi connectivity index (χ1) is 6.72. The third-order valence-corrected chi connectivity index (χ3v) is 1.97. The van der Waals surface area contributed by atoms with Gasteiger partial charge in [-0.1, -0.05) is 6.92 Å². The number of aliphatic hydroxyl groups is 1. The van der Waals surface area contributed by atoms with Crippen molar-refractivity contribution in [2.75, 3.05) is 13.1 Å². The van der Waals surface area contributed by atoms with Crippen molar-refractivity contribution in [3.05, 3.63) is 18.2 Å². The first-order valence-electron chi connectivity index (χ1n) is 5.11. The average molecular weight is 197 g/mol. The van der Waals surface area contributed by atoms with Crippen LogP contribution in [0.3, 0.4) is 0 Å². The first kappa shape index (κ1) is 11.2. The number of likely N-dealkylation sites (N-methyl/N-ethyl adjacent to an activating group) is 1. The highest BCUT2D eigenvalue weighted by molar-refractivity contribution is 4.97. The summed E-state index contributed by atoms with van der Waals surface area (Å²) in [6.45, 7) is 6.44. The van der Waals surface area contributed by atoms with E-state index in [1.807, 2.05) is 10.8 Å². The summed E-state index contributed by atoms with van der Waals surface area (Å²) in [5.41, 5.74) is 1.08. The lowest BCUT2D eigenvalue weighted by molar-refractivity contribution is 0.173. The van der Waals surface area contributed by atoms with E-state index in [4.69, 9.17) is 5.11 Å². The van der Waals surface area contributed by atoms with E-state index >= 15 is 0 Å². The number of hydrogen-bond acceptors (Lipinski definition) is 3. The summed E-state index contributed by atoms with van der Waals surface area (Å²) in [5, 5.41) is 12.4. The van der Waals surface area contributed by atoms with Crippen molar-refractivity contribution in [1.29, 1.82) is 0 Å². The van der Waals surface area contributed by atoms with E-state index in [1.165, 1.54) is 0 Å². The zero-order valence-electron chi connectivity index (χ0n) is 8.90. The van der Waals surface area contributed by atoms with Gasteiger partial charge in [0.15, 0.2) is 0 Å². The minimum Gasteiger partial charge on any atom is -0.392 e. The normalized spacial score (nSPS) is 13.1. The number of nitrogens with one attached hydrogen (secondary N) is 1. The van der Waals surface area contributed by atoms with E-state index in [9.17, 15) is 0 Å². The summed E-state index contributed by atoms with van der Waals surface area (Å²) in [7, 11) is 0. The van der Waals surface area contributed by atoms with Crippen LogP contribution in [0.25, 0.3) is 0 Å². The molecule has 0 saturated heterocycles. The Balaban J connectivity index is 2.35. The van der Waals surface area contributed by atoms with Crippen LogP contribution in [-0.2, 0) is 13.0 Å². The maximum absolute atomic E-state index is 9.17. The Morgan fingerprint density at radius 2 is 2.43 bits per heavy atom. The first-order valence-corrected chi connectivity index (χ1v) is 5.11. The third-order valence-electron chi connectivity index (χ3n) is 1.97. The van der Waals surface area contributed by atoms with Crippen LogP contribution >= 0.6 is 0 Å². The van der Waals surface area contributed by atoms with Gasteiger partial charge in [-0.3, -0.25) is 0 Å². The van der Waals surface area contributed by atoms with Gasteiger partial charge in [-0.2, -0.15) is 0 Å². The molecule has 1 aromatic rings. The molecule has 0 saturated carbocycles. The van der Waals surface area contributed by atoms with Gasteiger partial charge in [0.2, 0.25) is 0 Å². The van der Waals surface area contributed by atoms with Crippen molar-refractivity contribution in [2.24, 2.45) is 0 Å². The van der Waals surface area contributed by atoms with Gasteiger partial charge >= 0.3 is 0 Å². The topological polar surface area (TPSA) is 50.1 Å². The van der Waals surface area contributed by atoms with Crippen LogP contribution in [0.5, 0.6) is 0 Å². The van der Waals surface area contributed by atoms with Crippen LogP contribution in [0.15, 0.2) is 12.5 Å². The van der Waals surface area contributed by atoms with Crippen LogP contribution in [0, 0.1) is 0 Å². The Hall–Kier alpha value is -0.870. The van der Waals surface area contributed by atoms with Crippen molar-refractivity contribution >= 4 is 0 Å². The van der Waals surface area contributed by atoms with Crippen LogP contribution in [0.1, 0.15) is 19.5 Å². The van der Waals surface area contributed by atoms with E-state index < -0.39 is 0 Å². The van der Waals surface area contributed by atoms with Gasteiger partial charge in [-0.05, 0) is 13.5 Å². The second-order valence-electron chi connectivity index (χ2n) is 3.51. The smallest absolute Gasteiger partial charge is 0.0950 e. The number of aliphatic hydroxyl groups excluding tert-OH is 1. The Labute approximate surface area is 85.0 Å². The molecular weight excluding hydrogens is 178 g/mol. The molecule has 0 aliphatic carbocycles. The Kier molecular flexibility index (Phi) is 4.62. The number of rotatable bonds is 6. The lowest BCUT2D eigenvalue weighted by Crippen LogP contribution is -2.16. The highest BCUT2D eigenvalue weighted by atomic mass is 16.3. The van der Waals surface area contributed by atoms with Crippen molar-refractivity contribution in [3.8, 4) is 0 Å². The molecule has 1 atom stereocenters. The van der Waals surface area contributed by atoms with Gasteiger partial charge in [0, 0.05) is 25.7 Å². The van der Waals surface area contributed by atoms with Crippen molar-refractivity contribution in [2.45, 2.75) is 32.9 Å². The third kappa shape index (κ3) is 3.89. The molecule has 2 N–H and O–H groups in total. The van der Waals surface area contributed by atoms with Crippen LogP contribution in [0.2, 0.25) is 0 Å². The SMILES string of the molecule is CCNCCc1cn(CC(C)O)cn1. The van der Waals surface area contributed by atoms with Gasteiger partial charge in [0.1, 0.15) is 0 Å². The van der Waals surface area contributed by atoms with Gasteiger partial charge < -0.3 is 15.0 Å². The zero-order chi connectivity index (χ0) is 10.4. The van der Waals surface area contributed by atoms with E-state index in [0.717, 1.165) is 25.2 Å².